The predicted octanol–water partition coefficient (Wildman–Crippen LogP) is 2.15. The molecule has 6 heteroatoms. The molecule has 23 heavy (non-hydrogen) atoms. The molecule has 0 aromatic heterocycles. The lowest BCUT2D eigenvalue weighted by Gasteiger charge is -2.23. The first-order valence-electron chi connectivity index (χ1n) is 8.16. The highest BCUT2D eigenvalue weighted by Gasteiger charge is 2.27. The number of halogens is 1. The Kier molecular flexibility index (Phi) is 6.54. The molecule has 2 N–H and O–H groups in total. The first-order chi connectivity index (χ1) is 10.8. The Morgan fingerprint density at radius 1 is 1.22 bits per heavy atom. The van der Waals surface area contributed by atoms with Crippen LogP contribution in [0.4, 0.5) is 0 Å². The van der Waals surface area contributed by atoms with Crippen LogP contribution in [0.5, 0.6) is 11.5 Å². The summed E-state index contributed by atoms with van der Waals surface area (Å²) in [6, 6.07) is 6.19. The highest BCUT2D eigenvalue weighted by atomic mass is 35.5. The maximum Gasteiger partial charge on any atom is 0.223 e. The standard InChI is InChI=1S/C17H24N2O3.ClH/c18-12-14-3-1-8-19(14)17(20)7-5-13-4-6-15-16(11-13)22-10-2-9-21-15;/h4,6,11,14H,1-3,5,7-10,12,18H2;1H. The SMILES string of the molecule is Cl.NCC1CCCN1C(=O)CCc1ccc2c(c1)OCCCO2. The predicted molar refractivity (Wildman–Crippen MR) is 91.4 cm³/mol. The van der Waals surface area contributed by atoms with Crippen molar-refractivity contribution in [1.82, 2.24) is 4.90 Å². The lowest BCUT2D eigenvalue weighted by atomic mass is 10.1. The van der Waals surface area contributed by atoms with Crippen LogP contribution in [0.2, 0.25) is 0 Å². The van der Waals surface area contributed by atoms with Crippen molar-refractivity contribution in [3.8, 4) is 11.5 Å². The third kappa shape index (κ3) is 4.30. The van der Waals surface area contributed by atoms with Gasteiger partial charge in [-0.2, -0.15) is 0 Å². The molecule has 128 valence electrons. The largest absolute Gasteiger partial charge is 0.490 e. The van der Waals surface area contributed by atoms with E-state index in [1.165, 1.54) is 0 Å². The summed E-state index contributed by atoms with van der Waals surface area (Å²) in [5, 5.41) is 0. The fourth-order valence-electron chi connectivity index (χ4n) is 3.17. The molecule has 5 nitrogen and oxygen atoms in total. The first kappa shape index (κ1) is 17.9. The van der Waals surface area contributed by atoms with E-state index in [0.29, 0.717) is 26.2 Å². The van der Waals surface area contributed by atoms with Crippen molar-refractivity contribution in [2.75, 3.05) is 26.3 Å². The Morgan fingerprint density at radius 2 is 2.00 bits per heavy atom. The molecule has 1 atom stereocenters. The number of nitrogens with two attached hydrogens (primary N) is 1. The van der Waals surface area contributed by atoms with E-state index >= 15 is 0 Å². The topological polar surface area (TPSA) is 64.8 Å². The summed E-state index contributed by atoms with van der Waals surface area (Å²) in [4.78, 5) is 14.3. The molecule has 0 bridgehead atoms. The van der Waals surface area contributed by atoms with Crippen molar-refractivity contribution in [2.45, 2.75) is 38.1 Å². The van der Waals surface area contributed by atoms with E-state index in [1.54, 1.807) is 0 Å². The molecule has 2 heterocycles. The van der Waals surface area contributed by atoms with Crippen molar-refractivity contribution in [2.24, 2.45) is 5.73 Å². The monoisotopic (exact) mass is 340 g/mol. The Morgan fingerprint density at radius 3 is 2.78 bits per heavy atom. The zero-order valence-electron chi connectivity index (χ0n) is 13.3. The van der Waals surface area contributed by atoms with E-state index in [-0.39, 0.29) is 24.4 Å². The number of benzene rings is 1. The zero-order chi connectivity index (χ0) is 15.4. The number of rotatable bonds is 4. The number of likely N-dealkylation sites (tertiary alicyclic amines) is 1. The van der Waals surface area contributed by atoms with E-state index in [4.69, 9.17) is 15.2 Å². The molecule has 1 aromatic rings. The minimum absolute atomic E-state index is 0. The highest BCUT2D eigenvalue weighted by molar-refractivity contribution is 5.85. The van der Waals surface area contributed by atoms with E-state index in [1.807, 2.05) is 23.1 Å². The molecule has 0 radical (unpaired) electrons. The van der Waals surface area contributed by atoms with Gasteiger partial charge in [-0.05, 0) is 37.0 Å². The van der Waals surface area contributed by atoms with Gasteiger partial charge in [-0.3, -0.25) is 4.79 Å². The van der Waals surface area contributed by atoms with Crippen molar-refractivity contribution in [3.05, 3.63) is 23.8 Å². The summed E-state index contributed by atoms with van der Waals surface area (Å²) in [6.45, 7) is 2.79. The molecule has 2 aliphatic heterocycles. The lowest BCUT2D eigenvalue weighted by molar-refractivity contribution is -0.131. The van der Waals surface area contributed by atoms with Crippen LogP contribution in [-0.4, -0.2) is 43.2 Å². The van der Waals surface area contributed by atoms with Gasteiger partial charge in [0.25, 0.3) is 0 Å². The molecule has 0 saturated carbocycles. The number of fused-ring (bicyclic) bond motifs is 1. The molecule has 1 fully saturated rings. The van der Waals surface area contributed by atoms with Gasteiger partial charge in [-0.1, -0.05) is 6.07 Å². The maximum absolute atomic E-state index is 12.3. The van der Waals surface area contributed by atoms with Crippen LogP contribution in [-0.2, 0) is 11.2 Å². The van der Waals surface area contributed by atoms with Crippen LogP contribution in [0.3, 0.4) is 0 Å². The number of ether oxygens (including phenoxy) is 2. The lowest BCUT2D eigenvalue weighted by Crippen LogP contribution is -2.39. The van der Waals surface area contributed by atoms with Gasteiger partial charge in [0.15, 0.2) is 11.5 Å². The van der Waals surface area contributed by atoms with E-state index < -0.39 is 0 Å². The second-order valence-electron chi connectivity index (χ2n) is 5.95. The Bertz CT molecular complexity index is 539. The second-order valence-corrected chi connectivity index (χ2v) is 5.95. The quantitative estimate of drug-likeness (QED) is 0.912. The zero-order valence-corrected chi connectivity index (χ0v) is 14.1. The van der Waals surface area contributed by atoms with Crippen LogP contribution in [0.25, 0.3) is 0 Å². The third-order valence-corrected chi connectivity index (χ3v) is 4.41. The Balaban J connectivity index is 0.00000192. The number of aryl methyl sites for hydroxylation is 1. The van der Waals surface area contributed by atoms with Gasteiger partial charge >= 0.3 is 0 Å². The molecule has 1 amide bonds. The molecule has 1 saturated heterocycles. The molecule has 0 spiro atoms. The van der Waals surface area contributed by atoms with Gasteiger partial charge in [-0.25, -0.2) is 0 Å². The average molecular weight is 341 g/mol. The van der Waals surface area contributed by atoms with E-state index in [0.717, 1.165) is 49.3 Å². The highest BCUT2D eigenvalue weighted by Crippen LogP contribution is 2.31. The summed E-state index contributed by atoms with van der Waals surface area (Å²) < 4.78 is 11.3. The van der Waals surface area contributed by atoms with Crippen molar-refractivity contribution >= 4 is 18.3 Å². The van der Waals surface area contributed by atoms with Crippen LogP contribution in [0.15, 0.2) is 18.2 Å². The molecule has 1 aromatic carbocycles. The minimum atomic E-state index is 0. The molecular weight excluding hydrogens is 316 g/mol. The molecule has 2 aliphatic rings. The Labute approximate surface area is 143 Å². The van der Waals surface area contributed by atoms with Crippen LogP contribution in [0.1, 0.15) is 31.2 Å². The first-order valence-corrected chi connectivity index (χ1v) is 8.16. The fraction of sp³-hybridized carbons (Fsp3) is 0.588. The smallest absolute Gasteiger partial charge is 0.223 e. The minimum Gasteiger partial charge on any atom is -0.490 e. The van der Waals surface area contributed by atoms with E-state index in [9.17, 15) is 4.79 Å². The maximum atomic E-state index is 12.3. The molecule has 3 rings (SSSR count). The summed E-state index contributed by atoms with van der Waals surface area (Å²) in [7, 11) is 0. The number of hydrogen-bond acceptors (Lipinski definition) is 4. The summed E-state index contributed by atoms with van der Waals surface area (Å²) in [6.07, 6.45) is 4.25. The number of carbonyl (C=O) groups is 1. The summed E-state index contributed by atoms with van der Waals surface area (Å²) >= 11 is 0. The van der Waals surface area contributed by atoms with Gasteiger partial charge in [0.05, 0.1) is 13.2 Å². The van der Waals surface area contributed by atoms with Gasteiger partial charge in [0.2, 0.25) is 5.91 Å². The number of amides is 1. The molecule has 0 aliphatic carbocycles. The van der Waals surface area contributed by atoms with Crippen molar-refractivity contribution in [1.29, 1.82) is 0 Å². The van der Waals surface area contributed by atoms with Crippen LogP contribution >= 0.6 is 12.4 Å². The van der Waals surface area contributed by atoms with Crippen LogP contribution in [0, 0.1) is 0 Å². The fourth-order valence-corrected chi connectivity index (χ4v) is 3.17. The van der Waals surface area contributed by atoms with Gasteiger partial charge in [0, 0.05) is 32.0 Å². The normalized spacial score (nSPS) is 19.9. The Hall–Kier alpha value is -1.46. The second kappa shape index (κ2) is 8.41. The van der Waals surface area contributed by atoms with Gasteiger partial charge < -0.3 is 20.1 Å². The number of nitrogens with zero attached hydrogens (tertiary/aromatic N) is 1. The summed E-state index contributed by atoms with van der Waals surface area (Å²) in [5.41, 5.74) is 6.85. The molecule has 1 unspecified atom stereocenters. The number of hydrogen-bond donors (Lipinski definition) is 1. The average Bonchev–Trinajstić information content (AvgIpc) is 2.90. The summed E-state index contributed by atoms with van der Waals surface area (Å²) in [5.74, 6) is 1.80. The third-order valence-electron chi connectivity index (χ3n) is 4.41. The van der Waals surface area contributed by atoms with Crippen LogP contribution < -0.4 is 15.2 Å². The van der Waals surface area contributed by atoms with E-state index in [2.05, 4.69) is 0 Å². The van der Waals surface area contributed by atoms with Crippen molar-refractivity contribution < 1.29 is 14.3 Å². The van der Waals surface area contributed by atoms with Gasteiger partial charge in [-0.15, -0.1) is 12.4 Å². The number of carbonyl (C=O) groups excluding carboxylic acids is 1. The van der Waals surface area contributed by atoms with Crippen molar-refractivity contribution in [3.63, 3.8) is 0 Å². The van der Waals surface area contributed by atoms with Gasteiger partial charge in [0.1, 0.15) is 0 Å². The molecular formula is C17H25ClN2O3.